The Bertz CT molecular complexity index is 1220. The molecule has 0 bridgehead atoms. The number of quaternary nitrogens is 1. The van der Waals surface area contributed by atoms with Crippen LogP contribution in [0.4, 0.5) is 0 Å². The fourth-order valence-electron chi connectivity index (χ4n) is 5.25. The first-order valence-corrected chi connectivity index (χ1v) is 23.2. The van der Waals surface area contributed by atoms with Gasteiger partial charge in [-0.1, -0.05) is 119 Å². The molecule has 10 nitrogen and oxygen atoms in total. The number of hydrogen-bond acceptors (Lipinski definition) is 8. The minimum absolute atomic E-state index is 0.0109. The van der Waals surface area contributed by atoms with Crippen LogP contribution in [0.5, 0.6) is 0 Å². The summed E-state index contributed by atoms with van der Waals surface area (Å²) >= 11 is 0. The van der Waals surface area contributed by atoms with Crippen LogP contribution in [0.15, 0.2) is 72.9 Å². The van der Waals surface area contributed by atoms with Gasteiger partial charge in [0.1, 0.15) is 19.8 Å². The monoisotopic (exact) mass is 823 g/mol. The number of rotatable bonds is 38. The predicted octanol–water partition coefficient (Wildman–Crippen LogP) is 11.2. The largest absolute Gasteiger partial charge is 0.472 e. The van der Waals surface area contributed by atoms with Gasteiger partial charge < -0.3 is 24.0 Å². The van der Waals surface area contributed by atoms with E-state index in [9.17, 15) is 24.2 Å². The highest BCUT2D eigenvalue weighted by atomic mass is 31.2. The highest BCUT2D eigenvalue weighted by molar-refractivity contribution is 7.47. The van der Waals surface area contributed by atoms with Crippen LogP contribution in [-0.2, 0) is 32.7 Å². The Morgan fingerprint density at radius 3 is 1.67 bits per heavy atom. The van der Waals surface area contributed by atoms with E-state index in [0.717, 1.165) is 83.5 Å². The van der Waals surface area contributed by atoms with Crippen LogP contribution in [0.25, 0.3) is 0 Å². The van der Waals surface area contributed by atoms with Crippen molar-refractivity contribution in [2.45, 2.75) is 161 Å². The number of aliphatic hydroxyl groups is 1. The molecule has 0 radical (unpaired) electrons. The lowest BCUT2D eigenvalue weighted by atomic mass is 10.1. The lowest BCUT2D eigenvalue weighted by molar-refractivity contribution is -0.870. The van der Waals surface area contributed by atoms with Crippen LogP contribution in [0.3, 0.4) is 0 Å². The molecule has 0 amide bonds. The molecule has 57 heavy (non-hydrogen) atoms. The van der Waals surface area contributed by atoms with Gasteiger partial charge in [-0.2, -0.15) is 0 Å². The van der Waals surface area contributed by atoms with Gasteiger partial charge in [0.2, 0.25) is 0 Å². The predicted molar refractivity (Wildman–Crippen MR) is 235 cm³/mol. The van der Waals surface area contributed by atoms with Gasteiger partial charge in [0.25, 0.3) is 0 Å². The molecule has 3 atom stereocenters. The van der Waals surface area contributed by atoms with E-state index in [2.05, 4.69) is 73.8 Å². The number of allylic oxidation sites excluding steroid dienone is 12. The number of unbranched alkanes of at least 4 members (excludes halogenated alkanes) is 9. The number of phosphoric acid groups is 1. The number of nitrogens with zero attached hydrogens (tertiary/aromatic N) is 1. The molecule has 0 aliphatic rings. The van der Waals surface area contributed by atoms with Crippen LogP contribution in [0, 0.1) is 0 Å². The molecule has 0 aromatic heterocycles. The van der Waals surface area contributed by atoms with E-state index in [1.165, 1.54) is 25.7 Å². The second kappa shape index (κ2) is 37.7. The third-order valence-electron chi connectivity index (χ3n) is 8.87. The summed E-state index contributed by atoms with van der Waals surface area (Å²) in [5, 5.41) is 9.56. The van der Waals surface area contributed by atoms with Gasteiger partial charge >= 0.3 is 19.8 Å². The van der Waals surface area contributed by atoms with Crippen LogP contribution in [0.1, 0.15) is 149 Å². The summed E-state index contributed by atoms with van der Waals surface area (Å²) in [7, 11) is 1.40. The van der Waals surface area contributed by atoms with Crippen molar-refractivity contribution < 1.29 is 47.2 Å². The molecular formula is C46H81NO9P+. The number of carbonyl (C=O) groups is 2. The Balaban J connectivity index is 4.51. The minimum Gasteiger partial charge on any atom is -0.462 e. The third-order valence-corrected chi connectivity index (χ3v) is 9.86. The first-order valence-electron chi connectivity index (χ1n) is 21.7. The van der Waals surface area contributed by atoms with E-state index in [4.69, 9.17) is 18.5 Å². The second-order valence-electron chi connectivity index (χ2n) is 15.5. The first-order chi connectivity index (χ1) is 27.4. The van der Waals surface area contributed by atoms with Gasteiger partial charge in [-0.15, -0.1) is 0 Å². The zero-order valence-corrected chi connectivity index (χ0v) is 37.3. The molecule has 1 unspecified atom stereocenters. The van der Waals surface area contributed by atoms with E-state index >= 15 is 0 Å². The molecule has 0 saturated carbocycles. The number of aliphatic hydroxyl groups excluding tert-OH is 1. The third kappa shape index (κ3) is 41.4. The normalized spacial score (nSPS) is 14.9. The standard InChI is InChI=1S/C46H80NO9P/c1-6-8-9-10-11-12-13-14-15-20-23-26-29-32-35-38-46(50)56-44(42-55-57(51,52)54-40-39-47(3,4)5)41-53-45(49)37-34-31-28-25-22-19-17-16-18-21-24-27-30-33-36-43(48)7-2/h11-12,14-15,17-19,21,25,27-28,30,43-44,48H,6-10,13,16,20,22-24,26,29,31-42H2,1-5H3/p+1/b12-11-,15-14-,19-17-,21-18-,28-25-,30-27-/t43-,44+/m0/s1. The molecular weight excluding hydrogens is 741 g/mol. The summed E-state index contributed by atoms with van der Waals surface area (Å²) < 4.78 is 34.2. The van der Waals surface area contributed by atoms with E-state index in [0.29, 0.717) is 23.9 Å². The molecule has 0 spiro atoms. The van der Waals surface area contributed by atoms with Crippen molar-refractivity contribution in [2.24, 2.45) is 0 Å². The Kier molecular flexibility index (Phi) is 36.0. The van der Waals surface area contributed by atoms with Gasteiger partial charge in [-0.3, -0.25) is 18.6 Å². The summed E-state index contributed by atoms with van der Waals surface area (Å²) in [6.45, 7) is 4.00. The molecule has 0 saturated heterocycles. The van der Waals surface area contributed by atoms with E-state index in [1.807, 2.05) is 34.1 Å². The van der Waals surface area contributed by atoms with Crippen molar-refractivity contribution >= 4 is 19.8 Å². The van der Waals surface area contributed by atoms with Gasteiger partial charge in [-0.05, 0) is 89.9 Å². The van der Waals surface area contributed by atoms with E-state index in [-0.39, 0.29) is 32.2 Å². The molecule has 0 rings (SSSR count). The Labute approximate surface area is 347 Å². The van der Waals surface area contributed by atoms with E-state index in [1.54, 1.807) is 0 Å². The molecule has 11 heteroatoms. The van der Waals surface area contributed by atoms with Crippen LogP contribution < -0.4 is 0 Å². The quantitative estimate of drug-likeness (QED) is 0.0206. The maximum atomic E-state index is 12.7. The topological polar surface area (TPSA) is 129 Å². The van der Waals surface area contributed by atoms with Gasteiger partial charge in [0, 0.05) is 12.8 Å². The number of carbonyl (C=O) groups excluding carboxylic acids is 2. The number of ether oxygens (including phenoxy) is 2. The number of esters is 2. The number of likely N-dealkylation sites (N-methyl/N-ethyl adjacent to an activating group) is 1. The minimum atomic E-state index is -4.40. The maximum Gasteiger partial charge on any atom is 0.472 e. The summed E-state index contributed by atoms with van der Waals surface area (Å²) in [5.41, 5.74) is 0. The highest BCUT2D eigenvalue weighted by Crippen LogP contribution is 2.43. The fraction of sp³-hybridized carbons (Fsp3) is 0.696. The fourth-order valence-corrected chi connectivity index (χ4v) is 5.99. The van der Waals surface area contributed by atoms with Crippen LogP contribution in [-0.4, -0.2) is 86.1 Å². The molecule has 0 aromatic rings. The lowest BCUT2D eigenvalue weighted by Gasteiger charge is -2.24. The summed E-state index contributed by atoms with van der Waals surface area (Å²) in [6, 6.07) is 0. The van der Waals surface area contributed by atoms with Crippen molar-refractivity contribution in [3.63, 3.8) is 0 Å². The average molecular weight is 823 g/mol. The molecule has 0 aromatic carbocycles. The summed E-state index contributed by atoms with van der Waals surface area (Å²) in [6.07, 6.45) is 43.2. The lowest BCUT2D eigenvalue weighted by Crippen LogP contribution is -2.37. The van der Waals surface area contributed by atoms with Gasteiger partial charge in [0.05, 0.1) is 33.9 Å². The Hall–Kier alpha value is -2.59. The second-order valence-corrected chi connectivity index (χ2v) is 17.0. The molecule has 2 N–H and O–H groups in total. The SMILES string of the molecule is CCCCC/C=C\C/C=C\CCCCCCCC(=O)O[C@H](COC(=O)CCC/C=C\C/C=C\C/C=C\C/C=C\CC[C@@H](O)CC)COP(=O)(O)OCC[N+](C)(C)C. The van der Waals surface area contributed by atoms with Gasteiger partial charge in [0.15, 0.2) is 6.10 Å². The van der Waals surface area contributed by atoms with Crippen molar-refractivity contribution in [3.05, 3.63) is 72.9 Å². The Morgan fingerprint density at radius 2 is 1.11 bits per heavy atom. The smallest absolute Gasteiger partial charge is 0.462 e. The molecule has 0 fully saturated rings. The maximum absolute atomic E-state index is 12.7. The van der Waals surface area contributed by atoms with Crippen LogP contribution >= 0.6 is 7.82 Å². The number of phosphoric ester groups is 1. The van der Waals surface area contributed by atoms with Crippen molar-refractivity contribution in [1.82, 2.24) is 0 Å². The van der Waals surface area contributed by atoms with E-state index < -0.39 is 32.5 Å². The molecule has 0 aliphatic heterocycles. The zero-order chi connectivity index (χ0) is 42.3. The van der Waals surface area contributed by atoms with Crippen molar-refractivity contribution in [2.75, 3.05) is 47.5 Å². The Morgan fingerprint density at radius 1 is 0.614 bits per heavy atom. The summed E-state index contributed by atoms with van der Waals surface area (Å²) in [5.74, 6) is -0.906. The van der Waals surface area contributed by atoms with Crippen molar-refractivity contribution in [1.29, 1.82) is 0 Å². The first kappa shape index (κ1) is 54.4. The average Bonchev–Trinajstić information content (AvgIpc) is 3.16. The highest BCUT2D eigenvalue weighted by Gasteiger charge is 2.27. The molecule has 0 heterocycles. The van der Waals surface area contributed by atoms with Crippen molar-refractivity contribution in [3.8, 4) is 0 Å². The summed E-state index contributed by atoms with van der Waals surface area (Å²) in [4.78, 5) is 35.3. The molecule has 328 valence electrons. The van der Waals surface area contributed by atoms with Gasteiger partial charge in [-0.25, -0.2) is 4.57 Å². The zero-order valence-electron chi connectivity index (χ0n) is 36.4. The number of hydrogen-bond donors (Lipinski definition) is 2. The van der Waals surface area contributed by atoms with Crippen LogP contribution in [0.2, 0.25) is 0 Å². The molecule has 0 aliphatic carbocycles.